The van der Waals surface area contributed by atoms with Crippen LogP contribution in [0.5, 0.6) is 0 Å². The number of halogens is 5. The SMILES string of the molecule is Cl.Fc1cc(F)c(CC2(F)CCNCC2)c(F)c1. The number of rotatable bonds is 2. The summed E-state index contributed by atoms with van der Waals surface area (Å²) in [6, 6.07) is 1.17. The van der Waals surface area contributed by atoms with E-state index in [1.54, 1.807) is 0 Å². The Morgan fingerprint density at radius 1 is 1.06 bits per heavy atom. The summed E-state index contributed by atoms with van der Waals surface area (Å²) in [5.74, 6) is -3.02. The van der Waals surface area contributed by atoms with Gasteiger partial charge in [0.15, 0.2) is 0 Å². The van der Waals surface area contributed by atoms with E-state index in [9.17, 15) is 17.6 Å². The minimum absolute atomic E-state index is 0. The topological polar surface area (TPSA) is 12.0 Å². The molecular weight excluding hydrogens is 270 g/mol. The maximum Gasteiger partial charge on any atom is 0.132 e. The summed E-state index contributed by atoms with van der Waals surface area (Å²) in [5, 5.41) is 2.98. The lowest BCUT2D eigenvalue weighted by Gasteiger charge is -2.30. The number of hydrogen-bond donors (Lipinski definition) is 1. The minimum Gasteiger partial charge on any atom is -0.316 e. The van der Waals surface area contributed by atoms with Crippen molar-refractivity contribution in [2.24, 2.45) is 0 Å². The fourth-order valence-corrected chi connectivity index (χ4v) is 2.11. The van der Waals surface area contributed by atoms with E-state index in [0.717, 1.165) is 0 Å². The molecule has 0 bridgehead atoms. The van der Waals surface area contributed by atoms with E-state index in [0.29, 0.717) is 25.2 Å². The third-order valence-electron chi connectivity index (χ3n) is 3.10. The van der Waals surface area contributed by atoms with Crippen LogP contribution in [0.1, 0.15) is 18.4 Å². The summed E-state index contributed by atoms with van der Waals surface area (Å²) in [6.45, 7) is 0.974. The molecule has 0 aliphatic carbocycles. The minimum atomic E-state index is -1.61. The maximum atomic E-state index is 14.3. The Balaban J connectivity index is 0.00000162. The maximum absolute atomic E-state index is 14.3. The van der Waals surface area contributed by atoms with Crippen LogP contribution in [0.2, 0.25) is 0 Å². The molecule has 0 atom stereocenters. The fourth-order valence-electron chi connectivity index (χ4n) is 2.11. The van der Waals surface area contributed by atoms with Gasteiger partial charge < -0.3 is 5.32 Å². The third-order valence-corrected chi connectivity index (χ3v) is 3.10. The highest BCUT2D eigenvalue weighted by atomic mass is 35.5. The van der Waals surface area contributed by atoms with E-state index in [-0.39, 0.29) is 37.2 Å². The second-order valence-electron chi connectivity index (χ2n) is 4.43. The van der Waals surface area contributed by atoms with Crippen LogP contribution in [0.25, 0.3) is 0 Å². The lowest BCUT2D eigenvalue weighted by molar-refractivity contribution is 0.113. The first-order chi connectivity index (χ1) is 8.00. The predicted octanol–water partition coefficient (Wildman–Crippen LogP) is 3.16. The molecule has 0 unspecified atom stereocenters. The Morgan fingerprint density at radius 3 is 2.06 bits per heavy atom. The molecular formula is C12H14ClF4N. The van der Waals surface area contributed by atoms with E-state index in [1.807, 2.05) is 0 Å². The van der Waals surface area contributed by atoms with Gasteiger partial charge in [0, 0.05) is 24.1 Å². The Kier molecular flexibility index (Phi) is 4.99. The third kappa shape index (κ3) is 3.36. The van der Waals surface area contributed by atoms with E-state index >= 15 is 0 Å². The molecule has 1 fully saturated rings. The van der Waals surface area contributed by atoms with Gasteiger partial charge in [-0.15, -0.1) is 12.4 Å². The van der Waals surface area contributed by atoms with Crippen molar-refractivity contribution in [3.8, 4) is 0 Å². The van der Waals surface area contributed by atoms with Crippen LogP contribution in [0.15, 0.2) is 12.1 Å². The highest BCUT2D eigenvalue weighted by Crippen LogP contribution is 2.30. The van der Waals surface area contributed by atoms with Crippen molar-refractivity contribution < 1.29 is 17.6 Å². The summed E-state index contributed by atoms with van der Waals surface area (Å²) in [6.07, 6.45) is 0.0825. The smallest absolute Gasteiger partial charge is 0.132 e. The fraction of sp³-hybridized carbons (Fsp3) is 0.500. The summed E-state index contributed by atoms with van der Waals surface area (Å²) >= 11 is 0. The van der Waals surface area contributed by atoms with Crippen molar-refractivity contribution in [2.75, 3.05) is 13.1 Å². The predicted molar refractivity (Wildman–Crippen MR) is 63.2 cm³/mol. The molecule has 1 aromatic rings. The average Bonchev–Trinajstić information content (AvgIpc) is 2.24. The zero-order valence-corrected chi connectivity index (χ0v) is 10.4. The van der Waals surface area contributed by atoms with Gasteiger partial charge >= 0.3 is 0 Å². The quantitative estimate of drug-likeness (QED) is 0.822. The zero-order valence-electron chi connectivity index (χ0n) is 9.61. The standard InChI is InChI=1S/C12H13F4N.ClH/c13-8-5-10(14)9(11(15)6-8)7-12(16)1-3-17-4-2-12;/h5-6,17H,1-4,7H2;1H. The van der Waals surface area contributed by atoms with Crippen molar-refractivity contribution in [3.05, 3.63) is 35.1 Å². The highest BCUT2D eigenvalue weighted by molar-refractivity contribution is 5.85. The Bertz CT molecular complexity index is 396. The van der Waals surface area contributed by atoms with Crippen LogP contribution >= 0.6 is 12.4 Å². The Morgan fingerprint density at radius 2 is 1.56 bits per heavy atom. The first-order valence-corrected chi connectivity index (χ1v) is 5.53. The van der Waals surface area contributed by atoms with Crippen LogP contribution in [0, 0.1) is 17.5 Å². The number of benzene rings is 1. The molecule has 1 nitrogen and oxygen atoms in total. The molecule has 0 saturated carbocycles. The average molecular weight is 284 g/mol. The van der Waals surface area contributed by atoms with E-state index in [4.69, 9.17) is 0 Å². The summed E-state index contributed by atoms with van der Waals surface area (Å²) < 4.78 is 53.7. The number of nitrogens with one attached hydrogen (secondary N) is 1. The zero-order chi connectivity index (χ0) is 12.5. The van der Waals surface area contributed by atoms with Gasteiger partial charge in [-0.1, -0.05) is 0 Å². The second-order valence-corrected chi connectivity index (χ2v) is 4.43. The first-order valence-electron chi connectivity index (χ1n) is 5.53. The molecule has 1 heterocycles. The monoisotopic (exact) mass is 283 g/mol. The Labute approximate surface area is 109 Å². The van der Waals surface area contributed by atoms with Gasteiger partial charge in [0.05, 0.1) is 0 Å². The molecule has 0 radical (unpaired) electrons. The molecule has 1 aliphatic heterocycles. The van der Waals surface area contributed by atoms with Gasteiger partial charge in [-0.05, 0) is 25.9 Å². The van der Waals surface area contributed by atoms with Crippen molar-refractivity contribution in [1.29, 1.82) is 0 Å². The van der Waals surface area contributed by atoms with Crippen LogP contribution < -0.4 is 5.32 Å². The van der Waals surface area contributed by atoms with Crippen molar-refractivity contribution in [3.63, 3.8) is 0 Å². The molecule has 18 heavy (non-hydrogen) atoms. The van der Waals surface area contributed by atoms with E-state index in [1.165, 1.54) is 0 Å². The number of hydrogen-bond acceptors (Lipinski definition) is 1. The molecule has 0 aromatic heterocycles. The van der Waals surface area contributed by atoms with E-state index < -0.39 is 23.1 Å². The van der Waals surface area contributed by atoms with Gasteiger partial charge in [-0.2, -0.15) is 0 Å². The van der Waals surface area contributed by atoms with Crippen LogP contribution in [-0.4, -0.2) is 18.8 Å². The van der Waals surface area contributed by atoms with Gasteiger partial charge in [0.1, 0.15) is 23.1 Å². The normalized spacial score (nSPS) is 18.2. The van der Waals surface area contributed by atoms with Gasteiger partial charge in [0.25, 0.3) is 0 Å². The molecule has 0 spiro atoms. The molecule has 6 heteroatoms. The number of piperidine rings is 1. The largest absolute Gasteiger partial charge is 0.316 e. The van der Waals surface area contributed by atoms with Crippen LogP contribution in [0.3, 0.4) is 0 Å². The molecule has 1 aromatic carbocycles. The molecule has 1 N–H and O–H groups in total. The van der Waals surface area contributed by atoms with Gasteiger partial charge in [-0.25, -0.2) is 17.6 Å². The highest BCUT2D eigenvalue weighted by Gasteiger charge is 2.33. The lowest BCUT2D eigenvalue weighted by atomic mass is 9.87. The van der Waals surface area contributed by atoms with Crippen LogP contribution in [-0.2, 0) is 6.42 Å². The second kappa shape index (κ2) is 5.89. The molecule has 1 aliphatic rings. The summed E-state index contributed by atoms with van der Waals surface area (Å²) in [5.41, 5.74) is -1.97. The first kappa shape index (κ1) is 15.2. The molecule has 0 amide bonds. The van der Waals surface area contributed by atoms with Gasteiger partial charge in [-0.3, -0.25) is 0 Å². The summed E-state index contributed by atoms with van der Waals surface area (Å²) in [4.78, 5) is 0. The van der Waals surface area contributed by atoms with Gasteiger partial charge in [0.2, 0.25) is 0 Å². The summed E-state index contributed by atoms with van der Waals surface area (Å²) in [7, 11) is 0. The molecule has 2 rings (SSSR count). The lowest BCUT2D eigenvalue weighted by Crippen LogP contribution is -2.40. The van der Waals surface area contributed by atoms with Crippen LogP contribution in [0.4, 0.5) is 17.6 Å². The van der Waals surface area contributed by atoms with Crippen molar-refractivity contribution >= 4 is 12.4 Å². The Hall–Kier alpha value is -0.810. The van der Waals surface area contributed by atoms with E-state index in [2.05, 4.69) is 5.32 Å². The number of alkyl halides is 1. The van der Waals surface area contributed by atoms with Crippen molar-refractivity contribution in [1.82, 2.24) is 5.32 Å². The molecule has 102 valence electrons. The molecule has 1 saturated heterocycles. The van der Waals surface area contributed by atoms with Crippen molar-refractivity contribution in [2.45, 2.75) is 24.9 Å².